The third-order valence-electron chi connectivity index (χ3n) is 2.07. The molecule has 2 aromatic heterocycles. The lowest BCUT2D eigenvalue weighted by Gasteiger charge is -2.02. The average Bonchev–Trinajstić information content (AvgIpc) is 2.22. The molecule has 0 aliphatic heterocycles. The summed E-state index contributed by atoms with van der Waals surface area (Å²) in [6, 6.07) is 3.81. The van der Waals surface area contributed by atoms with Gasteiger partial charge in [-0.2, -0.15) is 0 Å². The monoisotopic (exact) mass is 264 g/mol. The van der Waals surface area contributed by atoms with Crippen LogP contribution >= 0.6 is 15.9 Å². The van der Waals surface area contributed by atoms with Gasteiger partial charge < -0.3 is 4.98 Å². The molecule has 0 fully saturated rings. The summed E-state index contributed by atoms with van der Waals surface area (Å²) in [6.45, 7) is 1.98. The summed E-state index contributed by atoms with van der Waals surface area (Å²) >= 11 is 3.20. The Balaban J connectivity index is 2.55. The van der Waals surface area contributed by atoms with Crippen molar-refractivity contribution in [3.63, 3.8) is 0 Å². The van der Waals surface area contributed by atoms with Crippen molar-refractivity contribution >= 4 is 15.9 Å². The van der Waals surface area contributed by atoms with Crippen molar-refractivity contribution in [1.29, 1.82) is 0 Å². The van der Waals surface area contributed by atoms with Crippen molar-refractivity contribution in [3.8, 4) is 11.1 Å². The summed E-state index contributed by atoms with van der Waals surface area (Å²) in [5.74, 6) is 0. The molecule has 0 saturated heterocycles. The van der Waals surface area contributed by atoms with Crippen LogP contribution in [-0.2, 0) is 0 Å². The Kier molecular flexibility index (Phi) is 2.68. The van der Waals surface area contributed by atoms with Gasteiger partial charge in [0, 0.05) is 29.7 Å². The Morgan fingerprint density at radius 1 is 1.27 bits per heavy atom. The van der Waals surface area contributed by atoms with Gasteiger partial charge in [-0.25, -0.2) is 0 Å². The number of rotatable bonds is 1. The number of hydrogen-bond acceptors (Lipinski definition) is 2. The number of hydrogen-bond donors (Lipinski definition) is 1. The third-order valence-corrected chi connectivity index (χ3v) is 2.66. The fraction of sp³-hybridized carbons (Fsp3) is 0.0909. The second kappa shape index (κ2) is 3.98. The molecule has 76 valence electrons. The SMILES string of the molecule is Cc1cncc(-c2c[nH]c(=O)c(Br)c2)c1. The van der Waals surface area contributed by atoms with Gasteiger partial charge in [0.1, 0.15) is 0 Å². The molecule has 0 spiro atoms. The number of nitrogens with zero attached hydrogens (tertiary/aromatic N) is 1. The quantitative estimate of drug-likeness (QED) is 0.861. The second-order valence-electron chi connectivity index (χ2n) is 3.32. The maximum absolute atomic E-state index is 11.2. The highest BCUT2D eigenvalue weighted by atomic mass is 79.9. The number of H-pyrrole nitrogens is 1. The van der Waals surface area contributed by atoms with Gasteiger partial charge >= 0.3 is 0 Å². The molecule has 0 bridgehead atoms. The molecule has 15 heavy (non-hydrogen) atoms. The van der Waals surface area contributed by atoms with E-state index < -0.39 is 0 Å². The van der Waals surface area contributed by atoms with Crippen LogP contribution in [0.4, 0.5) is 0 Å². The van der Waals surface area contributed by atoms with E-state index in [0.29, 0.717) is 4.47 Å². The maximum atomic E-state index is 11.2. The fourth-order valence-corrected chi connectivity index (χ4v) is 1.70. The Bertz CT molecular complexity index is 548. The number of aryl methyl sites for hydroxylation is 1. The second-order valence-corrected chi connectivity index (χ2v) is 4.17. The van der Waals surface area contributed by atoms with Crippen LogP contribution in [0.25, 0.3) is 11.1 Å². The van der Waals surface area contributed by atoms with Gasteiger partial charge in [0.25, 0.3) is 5.56 Å². The molecule has 2 heterocycles. The number of halogens is 1. The molecule has 0 unspecified atom stereocenters. The predicted octanol–water partition coefficient (Wildman–Crippen LogP) is 2.51. The minimum Gasteiger partial charge on any atom is -0.328 e. The number of nitrogens with one attached hydrogen (secondary N) is 1. The molecule has 2 aromatic rings. The highest BCUT2D eigenvalue weighted by Crippen LogP contribution is 2.19. The topological polar surface area (TPSA) is 45.8 Å². The maximum Gasteiger partial charge on any atom is 0.262 e. The summed E-state index contributed by atoms with van der Waals surface area (Å²) < 4.78 is 0.529. The minimum absolute atomic E-state index is 0.126. The van der Waals surface area contributed by atoms with Crippen LogP contribution in [0.3, 0.4) is 0 Å². The molecular formula is C11H9BrN2O. The van der Waals surface area contributed by atoms with E-state index in [1.54, 1.807) is 24.7 Å². The van der Waals surface area contributed by atoms with Crippen molar-refractivity contribution in [3.05, 3.63) is 51.1 Å². The minimum atomic E-state index is -0.126. The molecule has 0 saturated carbocycles. The molecule has 0 aliphatic carbocycles. The summed E-state index contributed by atoms with van der Waals surface area (Å²) in [7, 11) is 0. The van der Waals surface area contributed by atoms with E-state index in [4.69, 9.17) is 0 Å². The van der Waals surface area contributed by atoms with Crippen LogP contribution in [0.1, 0.15) is 5.56 Å². The first-order chi connectivity index (χ1) is 7.16. The number of aromatic nitrogens is 2. The third kappa shape index (κ3) is 2.15. The Hall–Kier alpha value is -1.42. The summed E-state index contributed by atoms with van der Waals surface area (Å²) in [6.07, 6.45) is 5.25. The largest absolute Gasteiger partial charge is 0.328 e. The molecular weight excluding hydrogens is 256 g/mol. The lowest BCUT2D eigenvalue weighted by atomic mass is 10.1. The zero-order chi connectivity index (χ0) is 10.8. The molecule has 0 aromatic carbocycles. The smallest absolute Gasteiger partial charge is 0.262 e. The average molecular weight is 265 g/mol. The zero-order valence-corrected chi connectivity index (χ0v) is 9.71. The van der Waals surface area contributed by atoms with Crippen LogP contribution in [0, 0.1) is 6.92 Å². The highest BCUT2D eigenvalue weighted by Gasteiger charge is 2.01. The van der Waals surface area contributed by atoms with Crippen LogP contribution in [0.15, 0.2) is 40.0 Å². The summed E-state index contributed by atoms with van der Waals surface area (Å²) in [5.41, 5.74) is 2.90. The van der Waals surface area contributed by atoms with E-state index in [-0.39, 0.29) is 5.56 Å². The van der Waals surface area contributed by atoms with Crippen molar-refractivity contribution in [2.75, 3.05) is 0 Å². The van der Waals surface area contributed by atoms with E-state index in [2.05, 4.69) is 25.9 Å². The Morgan fingerprint density at radius 3 is 2.73 bits per heavy atom. The summed E-state index contributed by atoms with van der Waals surface area (Å²) in [5, 5.41) is 0. The Labute approximate surface area is 95.3 Å². The van der Waals surface area contributed by atoms with Gasteiger partial charge in [-0.05, 0) is 40.5 Å². The van der Waals surface area contributed by atoms with E-state index in [9.17, 15) is 4.79 Å². The standard InChI is InChI=1S/C11H9BrN2O/c1-7-2-8(5-13-4-7)9-3-10(12)11(15)14-6-9/h2-6H,1H3,(H,14,15). The van der Waals surface area contributed by atoms with Crippen LogP contribution in [-0.4, -0.2) is 9.97 Å². The fourth-order valence-electron chi connectivity index (χ4n) is 1.34. The summed E-state index contributed by atoms with van der Waals surface area (Å²) in [4.78, 5) is 17.9. The van der Waals surface area contributed by atoms with Gasteiger partial charge in [0.05, 0.1) is 4.47 Å². The molecule has 0 amide bonds. The first-order valence-electron chi connectivity index (χ1n) is 4.47. The van der Waals surface area contributed by atoms with E-state index >= 15 is 0 Å². The first kappa shape index (κ1) is 10.1. The van der Waals surface area contributed by atoms with E-state index in [0.717, 1.165) is 16.7 Å². The lowest BCUT2D eigenvalue weighted by Crippen LogP contribution is -2.05. The van der Waals surface area contributed by atoms with Gasteiger partial charge in [-0.15, -0.1) is 0 Å². The number of pyridine rings is 2. The molecule has 2 rings (SSSR count). The molecule has 1 N–H and O–H groups in total. The van der Waals surface area contributed by atoms with Crippen molar-refractivity contribution < 1.29 is 0 Å². The zero-order valence-electron chi connectivity index (χ0n) is 8.12. The predicted molar refractivity (Wildman–Crippen MR) is 62.7 cm³/mol. The van der Waals surface area contributed by atoms with Gasteiger partial charge in [0.2, 0.25) is 0 Å². The van der Waals surface area contributed by atoms with E-state index in [1.165, 1.54) is 0 Å². The lowest BCUT2D eigenvalue weighted by molar-refractivity contribution is 1.21. The molecule has 0 atom stereocenters. The van der Waals surface area contributed by atoms with Crippen molar-refractivity contribution in [2.24, 2.45) is 0 Å². The van der Waals surface area contributed by atoms with Crippen molar-refractivity contribution in [2.45, 2.75) is 6.92 Å². The number of aromatic amines is 1. The molecule has 4 heteroatoms. The normalized spacial score (nSPS) is 10.3. The van der Waals surface area contributed by atoms with E-state index in [1.807, 2.05) is 13.0 Å². The van der Waals surface area contributed by atoms with Crippen molar-refractivity contribution in [1.82, 2.24) is 9.97 Å². The van der Waals surface area contributed by atoms with Crippen LogP contribution in [0.5, 0.6) is 0 Å². The molecule has 0 radical (unpaired) electrons. The Morgan fingerprint density at radius 2 is 2.07 bits per heavy atom. The molecule has 0 aliphatic rings. The van der Waals surface area contributed by atoms with Gasteiger partial charge in [-0.3, -0.25) is 9.78 Å². The van der Waals surface area contributed by atoms with Crippen LogP contribution in [0.2, 0.25) is 0 Å². The van der Waals surface area contributed by atoms with Gasteiger partial charge in [0.15, 0.2) is 0 Å². The first-order valence-corrected chi connectivity index (χ1v) is 5.26. The highest BCUT2D eigenvalue weighted by molar-refractivity contribution is 9.10. The van der Waals surface area contributed by atoms with Crippen LogP contribution < -0.4 is 5.56 Å². The molecule has 3 nitrogen and oxygen atoms in total. The van der Waals surface area contributed by atoms with Gasteiger partial charge in [-0.1, -0.05) is 0 Å².